The highest BCUT2D eigenvalue weighted by atomic mass is 16.5. The minimum absolute atomic E-state index is 0.0375. The lowest BCUT2D eigenvalue weighted by Gasteiger charge is -2.36. The molecule has 5 heteroatoms. The first kappa shape index (κ1) is 15.1. The third kappa shape index (κ3) is 3.26. The Morgan fingerprint density at radius 1 is 1.21 bits per heavy atom. The van der Waals surface area contributed by atoms with Crippen molar-refractivity contribution in [2.45, 2.75) is 18.9 Å². The number of aromatic nitrogens is 1. The Kier molecular flexibility index (Phi) is 4.17. The van der Waals surface area contributed by atoms with Crippen LogP contribution in [0.3, 0.4) is 0 Å². The fraction of sp³-hybridized carbons (Fsp3) is 0.368. The predicted molar refractivity (Wildman–Crippen MR) is 89.1 cm³/mol. The van der Waals surface area contributed by atoms with E-state index in [1.165, 1.54) is 12.8 Å². The van der Waals surface area contributed by atoms with Crippen molar-refractivity contribution in [3.05, 3.63) is 54.2 Å². The van der Waals surface area contributed by atoms with Crippen molar-refractivity contribution in [3.8, 4) is 11.6 Å². The molecule has 0 radical (unpaired) electrons. The molecule has 4 rings (SSSR count). The molecule has 24 heavy (non-hydrogen) atoms. The predicted octanol–water partition coefficient (Wildman–Crippen LogP) is 3.12. The second-order valence-corrected chi connectivity index (χ2v) is 6.28. The van der Waals surface area contributed by atoms with E-state index in [1.54, 1.807) is 18.3 Å². The number of amides is 1. The van der Waals surface area contributed by atoms with Gasteiger partial charge in [-0.05, 0) is 37.0 Å². The topological polar surface area (TPSA) is 51.7 Å². The van der Waals surface area contributed by atoms with E-state index in [1.807, 2.05) is 35.2 Å². The number of hydrogen-bond donors (Lipinski definition) is 0. The highest BCUT2D eigenvalue weighted by Crippen LogP contribution is 2.37. The van der Waals surface area contributed by atoms with E-state index in [9.17, 15) is 4.79 Å². The number of pyridine rings is 1. The fourth-order valence-corrected chi connectivity index (χ4v) is 3.12. The molecule has 1 aliphatic heterocycles. The van der Waals surface area contributed by atoms with Crippen LogP contribution in [0, 0.1) is 5.92 Å². The van der Waals surface area contributed by atoms with Crippen LogP contribution in [0.2, 0.25) is 0 Å². The van der Waals surface area contributed by atoms with Gasteiger partial charge in [0.15, 0.2) is 0 Å². The van der Waals surface area contributed by atoms with E-state index < -0.39 is 0 Å². The first-order valence-electron chi connectivity index (χ1n) is 8.39. The van der Waals surface area contributed by atoms with Crippen molar-refractivity contribution < 1.29 is 14.3 Å². The molecular weight excluding hydrogens is 304 g/mol. The van der Waals surface area contributed by atoms with E-state index in [0.717, 1.165) is 0 Å². The van der Waals surface area contributed by atoms with Crippen LogP contribution in [-0.2, 0) is 4.74 Å². The van der Waals surface area contributed by atoms with Crippen molar-refractivity contribution in [1.29, 1.82) is 0 Å². The maximum atomic E-state index is 12.9. The zero-order chi connectivity index (χ0) is 16.4. The van der Waals surface area contributed by atoms with Crippen LogP contribution >= 0.6 is 0 Å². The van der Waals surface area contributed by atoms with E-state index in [2.05, 4.69) is 4.98 Å². The maximum Gasteiger partial charge on any atom is 0.254 e. The lowest BCUT2D eigenvalue weighted by molar-refractivity contribution is -0.00836. The molecule has 1 aromatic heterocycles. The molecule has 2 fully saturated rings. The molecule has 2 aromatic rings. The Morgan fingerprint density at radius 2 is 2.04 bits per heavy atom. The summed E-state index contributed by atoms with van der Waals surface area (Å²) >= 11 is 0. The Morgan fingerprint density at radius 3 is 2.83 bits per heavy atom. The molecule has 0 bridgehead atoms. The van der Waals surface area contributed by atoms with Gasteiger partial charge in [0, 0.05) is 24.4 Å². The molecule has 1 amide bonds. The summed E-state index contributed by atoms with van der Waals surface area (Å²) in [5, 5.41) is 0. The molecule has 2 aliphatic rings. The minimum Gasteiger partial charge on any atom is -0.439 e. The maximum absolute atomic E-state index is 12.9. The monoisotopic (exact) mass is 324 g/mol. The average molecular weight is 324 g/mol. The summed E-state index contributed by atoms with van der Waals surface area (Å²) in [6.45, 7) is 1.90. The first-order chi connectivity index (χ1) is 11.8. The number of carbonyl (C=O) groups is 1. The summed E-state index contributed by atoms with van der Waals surface area (Å²) in [7, 11) is 0. The molecule has 1 unspecified atom stereocenters. The van der Waals surface area contributed by atoms with Crippen LogP contribution in [0.25, 0.3) is 0 Å². The first-order valence-corrected chi connectivity index (χ1v) is 8.39. The van der Waals surface area contributed by atoms with Gasteiger partial charge in [-0.2, -0.15) is 0 Å². The highest BCUT2D eigenvalue weighted by Gasteiger charge is 2.39. The third-order valence-electron chi connectivity index (χ3n) is 4.54. The average Bonchev–Trinajstić information content (AvgIpc) is 3.47. The van der Waals surface area contributed by atoms with Gasteiger partial charge in [0.1, 0.15) is 5.75 Å². The Bertz CT molecular complexity index is 716. The molecule has 2 heterocycles. The highest BCUT2D eigenvalue weighted by molar-refractivity contribution is 5.94. The largest absolute Gasteiger partial charge is 0.439 e. The molecule has 0 spiro atoms. The number of morpholine rings is 1. The van der Waals surface area contributed by atoms with Crippen LogP contribution < -0.4 is 4.74 Å². The molecule has 1 atom stereocenters. The van der Waals surface area contributed by atoms with Gasteiger partial charge in [0.25, 0.3) is 5.91 Å². The van der Waals surface area contributed by atoms with Crippen molar-refractivity contribution >= 4 is 5.91 Å². The van der Waals surface area contributed by atoms with Gasteiger partial charge in [0.05, 0.1) is 19.3 Å². The molecule has 1 aliphatic carbocycles. The lowest BCUT2D eigenvalue weighted by atomic mass is 10.1. The second-order valence-electron chi connectivity index (χ2n) is 6.28. The number of nitrogens with zero attached hydrogens (tertiary/aromatic N) is 2. The Labute approximate surface area is 141 Å². The summed E-state index contributed by atoms with van der Waals surface area (Å²) in [6.07, 6.45) is 4.01. The van der Waals surface area contributed by atoms with Gasteiger partial charge in [-0.1, -0.05) is 18.2 Å². The minimum atomic E-state index is 0.0375. The zero-order valence-electron chi connectivity index (χ0n) is 13.4. The van der Waals surface area contributed by atoms with Crippen LogP contribution in [-0.4, -0.2) is 41.6 Å². The van der Waals surface area contributed by atoms with Crippen LogP contribution in [0.4, 0.5) is 0 Å². The van der Waals surface area contributed by atoms with Gasteiger partial charge >= 0.3 is 0 Å². The summed E-state index contributed by atoms with van der Waals surface area (Å²) in [4.78, 5) is 19.1. The molecule has 1 aromatic carbocycles. The third-order valence-corrected chi connectivity index (χ3v) is 4.54. The van der Waals surface area contributed by atoms with Crippen molar-refractivity contribution in [3.63, 3.8) is 0 Å². The molecule has 0 N–H and O–H groups in total. The van der Waals surface area contributed by atoms with Gasteiger partial charge < -0.3 is 14.4 Å². The SMILES string of the molecule is O=C(c1ccnc(Oc2ccccc2)c1)N1CCOCC1C1CC1. The Hall–Kier alpha value is -2.40. The molecular formula is C19H20N2O3. The van der Waals surface area contributed by atoms with Gasteiger partial charge in [0.2, 0.25) is 5.88 Å². The van der Waals surface area contributed by atoms with Gasteiger partial charge in [-0.3, -0.25) is 4.79 Å². The number of para-hydroxylation sites is 1. The normalized spacial score (nSPS) is 20.7. The smallest absolute Gasteiger partial charge is 0.254 e. The zero-order valence-corrected chi connectivity index (χ0v) is 13.4. The van der Waals surface area contributed by atoms with Crippen molar-refractivity contribution in [2.24, 2.45) is 5.92 Å². The summed E-state index contributed by atoms with van der Waals surface area (Å²) < 4.78 is 11.3. The number of carbonyl (C=O) groups excluding carboxylic acids is 1. The number of benzene rings is 1. The Balaban J connectivity index is 1.52. The summed E-state index contributed by atoms with van der Waals surface area (Å²) in [5.41, 5.74) is 0.614. The number of ether oxygens (including phenoxy) is 2. The second kappa shape index (κ2) is 6.61. The number of hydrogen-bond acceptors (Lipinski definition) is 4. The van der Waals surface area contributed by atoms with Gasteiger partial charge in [-0.25, -0.2) is 4.98 Å². The van der Waals surface area contributed by atoms with Crippen LogP contribution in [0.15, 0.2) is 48.7 Å². The standard InChI is InChI=1S/C19H20N2O3/c22-19(21-10-11-23-13-17(21)14-6-7-14)15-8-9-20-18(12-15)24-16-4-2-1-3-5-16/h1-5,8-9,12,14,17H,6-7,10-11,13H2. The quantitative estimate of drug-likeness (QED) is 0.867. The fourth-order valence-electron chi connectivity index (χ4n) is 3.12. The van der Waals surface area contributed by atoms with E-state index in [4.69, 9.17) is 9.47 Å². The molecule has 1 saturated carbocycles. The van der Waals surface area contributed by atoms with E-state index in [-0.39, 0.29) is 11.9 Å². The van der Waals surface area contributed by atoms with Gasteiger partial charge in [-0.15, -0.1) is 0 Å². The number of rotatable bonds is 4. The van der Waals surface area contributed by atoms with E-state index in [0.29, 0.717) is 42.9 Å². The van der Waals surface area contributed by atoms with Crippen molar-refractivity contribution in [1.82, 2.24) is 9.88 Å². The lowest BCUT2D eigenvalue weighted by Crippen LogP contribution is -2.49. The molecule has 5 nitrogen and oxygen atoms in total. The van der Waals surface area contributed by atoms with Crippen LogP contribution in [0.1, 0.15) is 23.2 Å². The molecule has 1 saturated heterocycles. The van der Waals surface area contributed by atoms with E-state index >= 15 is 0 Å². The summed E-state index contributed by atoms with van der Waals surface area (Å²) in [5.74, 6) is 1.77. The van der Waals surface area contributed by atoms with Crippen molar-refractivity contribution in [2.75, 3.05) is 19.8 Å². The molecule has 124 valence electrons. The van der Waals surface area contributed by atoms with Crippen LogP contribution in [0.5, 0.6) is 11.6 Å². The summed E-state index contributed by atoms with van der Waals surface area (Å²) in [6, 6.07) is 13.1.